The maximum atomic E-state index is 12.3. The lowest BCUT2D eigenvalue weighted by molar-refractivity contribution is 0.0600. The summed E-state index contributed by atoms with van der Waals surface area (Å²) in [6.45, 7) is 4.29. The monoisotopic (exact) mass is 479 g/mol. The first-order chi connectivity index (χ1) is 15.9. The lowest BCUT2D eigenvalue weighted by Gasteiger charge is -2.17. The predicted molar refractivity (Wildman–Crippen MR) is 133 cm³/mol. The topological polar surface area (TPSA) is 40.5 Å². The summed E-state index contributed by atoms with van der Waals surface area (Å²) in [6, 6.07) is 22.9. The second-order valence-corrected chi connectivity index (χ2v) is 8.61. The molecule has 3 aromatic carbocycles. The van der Waals surface area contributed by atoms with Crippen LogP contribution in [0.3, 0.4) is 0 Å². The van der Waals surface area contributed by atoms with Crippen molar-refractivity contribution in [3.05, 3.63) is 105 Å². The highest BCUT2D eigenvalue weighted by molar-refractivity contribution is 6.31. The summed E-state index contributed by atoms with van der Waals surface area (Å²) in [7, 11) is 1.39. The summed E-state index contributed by atoms with van der Waals surface area (Å²) in [4.78, 5) is 12.3. The molecule has 0 fully saturated rings. The maximum Gasteiger partial charge on any atom is 0.338 e. The second-order valence-electron chi connectivity index (χ2n) is 7.74. The zero-order chi connectivity index (χ0) is 23.5. The molecule has 0 atom stereocenters. The van der Waals surface area contributed by atoms with Gasteiger partial charge >= 0.3 is 5.97 Å². The van der Waals surface area contributed by atoms with Crippen LogP contribution in [-0.4, -0.2) is 17.6 Å². The van der Waals surface area contributed by atoms with Crippen LogP contribution < -0.4 is 4.74 Å². The third-order valence-corrected chi connectivity index (χ3v) is 5.97. The largest absolute Gasteiger partial charge is 0.488 e. The average molecular weight is 480 g/mol. The smallest absolute Gasteiger partial charge is 0.338 e. The third-order valence-electron chi connectivity index (χ3n) is 5.49. The van der Waals surface area contributed by atoms with Crippen molar-refractivity contribution in [2.24, 2.45) is 0 Å². The number of nitrogens with zero attached hydrogens (tertiary/aromatic N) is 1. The Hall–Kier alpha value is -3.21. The molecule has 0 aliphatic rings. The van der Waals surface area contributed by atoms with E-state index < -0.39 is 0 Å². The fraction of sp³-hybridized carbons (Fsp3) is 0.148. The maximum absolute atomic E-state index is 12.3. The van der Waals surface area contributed by atoms with Crippen LogP contribution in [0.1, 0.15) is 27.2 Å². The van der Waals surface area contributed by atoms with Crippen LogP contribution >= 0.6 is 23.2 Å². The van der Waals surface area contributed by atoms with E-state index in [1.807, 2.05) is 86.6 Å². The van der Waals surface area contributed by atoms with Crippen LogP contribution in [0.5, 0.6) is 5.75 Å². The number of halogens is 2. The zero-order valence-corrected chi connectivity index (χ0v) is 20.1. The van der Waals surface area contributed by atoms with Gasteiger partial charge in [-0.15, -0.1) is 0 Å². The summed E-state index contributed by atoms with van der Waals surface area (Å²) in [5.41, 5.74) is 6.00. The molecule has 0 bridgehead atoms. The molecule has 0 saturated carbocycles. The van der Waals surface area contributed by atoms with Gasteiger partial charge < -0.3 is 14.0 Å². The molecule has 0 N–H and O–H groups in total. The van der Waals surface area contributed by atoms with Crippen LogP contribution in [0.4, 0.5) is 0 Å². The molecule has 1 aromatic heterocycles. The minimum absolute atomic E-state index is 0.365. The minimum atomic E-state index is -0.365. The molecule has 0 spiro atoms. The SMILES string of the molecule is COC(=O)c1cc(-n2c(C)ccc2-c2cc(Cl)ccc2OCc2ccc(Cl)cc2)ccc1C. The van der Waals surface area contributed by atoms with Gasteiger partial charge in [-0.05, 0) is 79.6 Å². The molecular formula is C27H23Cl2NO3. The van der Waals surface area contributed by atoms with Crippen LogP contribution in [0.25, 0.3) is 16.9 Å². The van der Waals surface area contributed by atoms with E-state index in [9.17, 15) is 4.79 Å². The fourth-order valence-electron chi connectivity index (χ4n) is 3.74. The Morgan fingerprint density at radius 3 is 2.33 bits per heavy atom. The first kappa shape index (κ1) is 23.0. The summed E-state index contributed by atoms with van der Waals surface area (Å²) in [5.74, 6) is 0.337. The molecule has 4 aromatic rings. The number of hydrogen-bond acceptors (Lipinski definition) is 3. The van der Waals surface area contributed by atoms with E-state index in [4.69, 9.17) is 32.7 Å². The van der Waals surface area contributed by atoms with Gasteiger partial charge in [-0.1, -0.05) is 41.4 Å². The van der Waals surface area contributed by atoms with Crippen molar-refractivity contribution in [1.82, 2.24) is 4.57 Å². The van der Waals surface area contributed by atoms with Gasteiger partial charge in [0.1, 0.15) is 12.4 Å². The fourth-order valence-corrected chi connectivity index (χ4v) is 4.04. The molecule has 33 heavy (non-hydrogen) atoms. The van der Waals surface area contributed by atoms with E-state index in [0.717, 1.165) is 33.8 Å². The molecule has 0 aliphatic heterocycles. The van der Waals surface area contributed by atoms with Gasteiger partial charge in [0, 0.05) is 27.0 Å². The van der Waals surface area contributed by atoms with Gasteiger partial charge in [-0.2, -0.15) is 0 Å². The van der Waals surface area contributed by atoms with Crippen molar-refractivity contribution in [3.63, 3.8) is 0 Å². The Morgan fingerprint density at radius 1 is 0.879 bits per heavy atom. The van der Waals surface area contributed by atoms with Crippen molar-refractivity contribution >= 4 is 29.2 Å². The standard InChI is InChI=1S/C27H23Cl2NO3/c1-17-4-11-22(15-23(17)27(31)32-3)30-18(2)5-12-25(30)24-14-21(29)10-13-26(24)33-16-19-6-8-20(28)9-7-19/h4-15H,16H2,1-3H3. The molecule has 4 nitrogen and oxygen atoms in total. The number of aromatic nitrogens is 1. The van der Waals surface area contributed by atoms with Gasteiger partial charge in [-0.3, -0.25) is 0 Å². The molecule has 4 rings (SSSR count). The van der Waals surface area contributed by atoms with E-state index in [2.05, 4.69) is 4.57 Å². The molecule has 0 amide bonds. The quantitative estimate of drug-likeness (QED) is 0.270. The number of rotatable bonds is 6. The second kappa shape index (κ2) is 9.74. The number of ether oxygens (including phenoxy) is 2. The van der Waals surface area contributed by atoms with Gasteiger partial charge in [0.2, 0.25) is 0 Å². The highest BCUT2D eigenvalue weighted by atomic mass is 35.5. The summed E-state index contributed by atoms with van der Waals surface area (Å²) < 4.78 is 13.2. The van der Waals surface area contributed by atoms with Gasteiger partial charge in [-0.25, -0.2) is 4.79 Å². The van der Waals surface area contributed by atoms with Crippen LogP contribution in [0.15, 0.2) is 72.8 Å². The van der Waals surface area contributed by atoms with E-state index >= 15 is 0 Å². The summed E-state index contributed by atoms with van der Waals surface area (Å²) in [6.07, 6.45) is 0. The summed E-state index contributed by atoms with van der Waals surface area (Å²) >= 11 is 12.4. The van der Waals surface area contributed by atoms with E-state index in [0.29, 0.717) is 28.0 Å². The Labute approximate surface area is 203 Å². The van der Waals surface area contributed by atoms with Gasteiger partial charge in [0.25, 0.3) is 0 Å². The number of methoxy groups -OCH3 is 1. The van der Waals surface area contributed by atoms with Crippen LogP contribution in [0.2, 0.25) is 10.0 Å². The lowest BCUT2D eigenvalue weighted by Crippen LogP contribution is -2.07. The number of esters is 1. The van der Waals surface area contributed by atoms with E-state index in [-0.39, 0.29) is 5.97 Å². The van der Waals surface area contributed by atoms with Crippen molar-refractivity contribution in [2.75, 3.05) is 7.11 Å². The van der Waals surface area contributed by atoms with Crippen molar-refractivity contribution in [2.45, 2.75) is 20.5 Å². The van der Waals surface area contributed by atoms with Crippen LogP contribution in [-0.2, 0) is 11.3 Å². The molecule has 168 valence electrons. The Kier molecular flexibility index (Phi) is 6.77. The molecule has 6 heteroatoms. The normalized spacial score (nSPS) is 10.8. The van der Waals surface area contributed by atoms with Crippen LogP contribution in [0, 0.1) is 13.8 Å². The average Bonchev–Trinajstić information content (AvgIpc) is 3.20. The van der Waals surface area contributed by atoms with E-state index in [1.54, 1.807) is 0 Å². The molecule has 0 aliphatic carbocycles. The Balaban J connectivity index is 1.76. The van der Waals surface area contributed by atoms with Crippen molar-refractivity contribution in [3.8, 4) is 22.7 Å². The van der Waals surface area contributed by atoms with Crippen molar-refractivity contribution in [1.29, 1.82) is 0 Å². The first-order valence-corrected chi connectivity index (χ1v) is 11.2. The van der Waals surface area contributed by atoms with Gasteiger partial charge in [0.15, 0.2) is 0 Å². The Bertz CT molecular complexity index is 1310. The Morgan fingerprint density at radius 2 is 1.61 bits per heavy atom. The highest BCUT2D eigenvalue weighted by Crippen LogP contribution is 2.36. The number of carbonyl (C=O) groups excluding carboxylic acids is 1. The summed E-state index contributed by atoms with van der Waals surface area (Å²) in [5, 5.41) is 1.29. The van der Waals surface area contributed by atoms with Gasteiger partial charge in [0.05, 0.1) is 18.4 Å². The minimum Gasteiger partial charge on any atom is -0.488 e. The zero-order valence-electron chi connectivity index (χ0n) is 18.6. The molecule has 0 unspecified atom stereocenters. The highest BCUT2D eigenvalue weighted by Gasteiger charge is 2.17. The number of carbonyl (C=O) groups is 1. The molecule has 0 radical (unpaired) electrons. The number of hydrogen-bond donors (Lipinski definition) is 0. The number of aryl methyl sites for hydroxylation is 2. The van der Waals surface area contributed by atoms with E-state index in [1.165, 1.54) is 7.11 Å². The van der Waals surface area contributed by atoms with Crippen molar-refractivity contribution < 1.29 is 14.3 Å². The first-order valence-electron chi connectivity index (χ1n) is 10.4. The lowest BCUT2D eigenvalue weighted by atomic mass is 10.1. The third kappa shape index (κ3) is 4.92. The molecule has 1 heterocycles. The predicted octanol–water partition coefficient (Wildman–Crippen LogP) is 7.43. The molecule has 0 saturated heterocycles. The molecular weight excluding hydrogens is 457 g/mol. The number of benzene rings is 3.